The maximum atomic E-state index is 13.2. The van der Waals surface area contributed by atoms with Gasteiger partial charge in [0.15, 0.2) is 0 Å². The molecule has 1 aliphatic heterocycles. The summed E-state index contributed by atoms with van der Waals surface area (Å²) in [5.41, 5.74) is 1.59. The van der Waals surface area contributed by atoms with E-state index in [2.05, 4.69) is 11.4 Å². The Morgan fingerprint density at radius 1 is 1.28 bits per heavy atom. The summed E-state index contributed by atoms with van der Waals surface area (Å²) in [5.74, 6) is -1.14. The van der Waals surface area contributed by atoms with Crippen LogP contribution in [0.25, 0.3) is 0 Å². The van der Waals surface area contributed by atoms with Crippen molar-refractivity contribution in [1.29, 1.82) is 5.26 Å². The Labute approximate surface area is 144 Å². The lowest BCUT2D eigenvalue weighted by Crippen LogP contribution is -2.41. The quantitative estimate of drug-likeness (QED) is 0.930. The first-order chi connectivity index (χ1) is 12.1. The van der Waals surface area contributed by atoms with Crippen LogP contribution in [0, 0.1) is 17.1 Å². The molecular formula is C19H16FN3O2. The van der Waals surface area contributed by atoms with Gasteiger partial charge in [0, 0.05) is 18.7 Å². The Bertz CT molecular complexity index is 860. The summed E-state index contributed by atoms with van der Waals surface area (Å²) in [4.78, 5) is 26.3. The molecule has 5 nitrogen and oxygen atoms in total. The van der Waals surface area contributed by atoms with Crippen molar-refractivity contribution in [2.45, 2.75) is 19.0 Å². The molecule has 1 saturated heterocycles. The second-order valence-corrected chi connectivity index (χ2v) is 5.90. The third-order valence-corrected chi connectivity index (χ3v) is 4.12. The average Bonchev–Trinajstić information content (AvgIpc) is 2.95. The highest BCUT2D eigenvalue weighted by atomic mass is 19.1. The molecule has 0 bridgehead atoms. The number of carbonyl (C=O) groups excluding carboxylic acids is 2. The summed E-state index contributed by atoms with van der Waals surface area (Å²) in [6.07, 6.45) is 0.498. The van der Waals surface area contributed by atoms with Crippen molar-refractivity contribution >= 4 is 11.8 Å². The highest BCUT2D eigenvalue weighted by Gasteiger charge is 2.32. The molecule has 0 unspecified atom stereocenters. The Balaban J connectivity index is 1.63. The van der Waals surface area contributed by atoms with E-state index in [9.17, 15) is 14.0 Å². The number of hydrogen-bond donors (Lipinski definition) is 1. The molecule has 25 heavy (non-hydrogen) atoms. The van der Waals surface area contributed by atoms with E-state index in [1.807, 2.05) is 6.07 Å². The summed E-state index contributed by atoms with van der Waals surface area (Å²) >= 11 is 0. The van der Waals surface area contributed by atoms with E-state index in [1.54, 1.807) is 23.1 Å². The van der Waals surface area contributed by atoms with Gasteiger partial charge in [-0.2, -0.15) is 5.26 Å². The van der Waals surface area contributed by atoms with Crippen LogP contribution >= 0.6 is 0 Å². The number of amides is 2. The fourth-order valence-corrected chi connectivity index (χ4v) is 2.86. The first-order valence-corrected chi connectivity index (χ1v) is 7.91. The van der Waals surface area contributed by atoms with Crippen molar-refractivity contribution in [3.63, 3.8) is 0 Å². The van der Waals surface area contributed by atoms with Gasteiger partial charge in [0.1, 0.15) is 11.9 Å². The third-order valence-electron chi connectivity index (χ3n) is 4.12. The molecule has 126 valence electrons. The summed E-state index contributed by atoms with van der Waals surface area (Å²) in [6, 6.07) is 13.9. The monoisotopic (exact) mass is 337 g/mol. The molecular weight excluding hydrogens is 321 g/mol. The van der Waals surface area contributed by atoms with Crippen molar-refractivity contribution in [3.05, 3.63) is 71.0 Å². The van der Waals surface area contributed by atoms with Crippen LogP contribution in [0.2, 0.25) is 0 Å². The predicted molar refractivity (Wildman–Crippen MR) is 88.8 cm³/mol. The van der Waals surface area contributed by atoms with Crippen LogP contribution in [0.15, 0.2) is 48.5 Å². The van der Waals surface area contributed by atoms with E-state index in [1.165, 1.54) is 18.2 Å². The third kappa shape index (κ3) is 3.83. The van der Waals surface area contributed by atoms with Crippen LogP contribution < -0.4 is 5.32 Å². The molecule has 0 aromatic heterocycles. The average molecular weight is 337 g/mol. The smallest absolute Gasteiger partial charge is 0.252 e. The number of nitrogens with one attached hydrogen (secondary N) is 1. The molecule has 1 aliphatic rings. The molecule has 1 atom stereocenters. The summed E-state index contributed by atoms with van der Waals surface area (Å²) < 4.78 is 13.2. The van der Waals surface area contributed by atoms with E-state index >= 15 is 0 Å². The molecule has 0 saturated carbocycles. The number of halogens is 1. The topological polar surface area (TPSA) is 73.2 Å². The van der Waals surface area contributed by atoms with Crippen molar-refractivity contribution in [3.8, 4) is 6.07 Å². The molecule has 1 N–H and O–H groups in total. The molecule has 0 spiro atoms. The number of nitriles is 1. The summed E-state index contributed by atoms with van der Waals surface area (Å²) in [5, 5.41) is 11.6. The highest BCUT2D eigenvalue weighted by Crippen LogP contribution is 2.16. The number of rotatable bonds is 4. The molecule has 1 heterocycles. The molecule has 0 radical (unpaired) electrons. The van der Waals surface area contributed by atoms with E-state index < -0.39 is 17.8 Å². The zero-order valence-electron chi connectivity index (χ0n) is 13.4. The second kappa shape index (κ2) is 7.14. The fraction of sp³-hybridized carbons (Fsp3) is 0.211. The van der Waals surface area contributed by atoms with E-state index in [-0.39, 0.29) is 11.5 Å². The minimum absolute atomic E-state index is 0.174. The van der Waals surface area contributed by atoms with Gasteiger partial charge in [-0.15, -0.1) is 0 Å². The van der Waals surface area contributed by atoms with E-state index in [0.29, 0.717) is 25.1 Å². The molecule has 2 amide bonds. The van der Waals surface area contributed by atoms with Gasteiger partial charge >= 0.3 is 0 Å². The van der Waals surface area contributed by atoms with Crippen LogP contribution in [-0.4, -0.2) is 29.3 Å². The standard InChI is InChI=1S/C19H16FN3O2/c20-16-6-2-5-15(10-16)18(24)22-17-7-8-23(19(17)25)12-14-4-1-3-13(9-14)11-21/h1-6,9-10,17H,7-8,12H2,(H,22,24)/t17-/m0/s1. The largest absolute Gasteiger partial charge is 0.340 e. The zero-order valence-corrected chi connectivity index (χ0v) is 13.4. The lowest BCUT2D eigenvalue weighted by molar-refractivity contribution is -0.129. The van der Waals surface area contributed by atoms with Crippen LogP contribution in [-0.2, 0) is 11.3 Å². The Morgan fingerprint density at radius 3 is 2.84 bits per heavy atom. The van der Waals surface area contributed by atoms with E-state index in [4.69, 9.17) is 5.26 Å². The zero-order chi connectivity index (χ0) is 17.8. The number of nitrogens with zero attached hydrogens (tertiary/aromatic N) is 2. The van der Waals surface area contributed by atoms with Gasteiger partial charge in [-0.3, -0.25) is 9.59 Å². The van der Waals surface area contributed by atoms with Gasteiger partial charge in [-0.05, 0) is 42.3 Å². The maximum Gasteiger partial charge on any atom is 0.252 e. The van der Waals surface area contributed by atoms with Crippen LogP contribution in [0.5, 0.6) is 0 Å². The molecule has 0 aliphatic carbocycles. The van der Waals surface area contributed by atoms with Crippen LogP contribution in [0.3, 0.4) is 0 Å². The first-order valence-electron chi connectivity index (χ1n) is 7.91. The molecule has 6 heteroatoms. The molecule has 1 fully saturated rings. The number of likely N-dealkylation sites (tertiary alicyclic amines) is 1. The van der Waals surface area contributed by atoms with Crippen LogP contribution in [0.1, 0.15) is 27.9 Å². The second-order valence-electron chi connectivity index (χ2n) is 5.90. The van der Waals surface area contributed by atoms with Crippen molar-refractivity contribution in [1.82, 2.24) is 10.2 Å². The minimum Gasteiger partial charge on any atom is -0.340 e. The Hall–Kier alpha value is -3.20. The first kappa shape index (κ1) is 16.7. The van der Waals surface area contributed by atoms with Gasteiger partial charge in [0.25, 0.3) is 5.91 Å². The van der Waals surface area contributed by atoms with Gasteiger partial charge in [-0.1, -0.05) is 18.2 Å². The van der Waals surface area contributed by atoms with Crippen molar-refractivity contribution in [2.24, 2.45) is 0 Å². The fourth-order valence-electron chi connectivity index (χ4n) is 2.86. The van der Waals surface area contributed by atoms with E-state index in [0.717, 1.165) is 11.6 Å². The Morgan fingerprint density at radius 2 is 2.08 bits per heavy atom. The van der Waals surface area contributed by atoms with Gasteiger partial charge in [0.05, 0.1) is 11.6 Å². The molecule has 3 rings (SSSR count). The minimum atomic E-state index is -0.616. The summed E-state index contributed by atoms with van der Waals surface area (Å²) in [6.45, 7) is 0.907. The lowest BCUT2D eigenvalue weighted by Gasteiger charge is -2.17. The van der Waals surface area contributed by atoms with Gasteiger partial charge in [0.2, 0.25) is 5.91 Å². The van der Waals surface area contributed by atoms with Crippen molar-refractivity contribution < 1.29 is 14.0 Å². The number of benzene rings is 2. The SMILES string of the molecule is N#Cc1cccc(CN2CC[C@H](NC(=O)c3cccc(F)c3)C2=O)c1. The Kier molecular flexibility index (Phi) is 4.75. The molecule has 2 aromatic rings. The maximum absolute atomic E-state index is 13.2. The predicted octanol–water partition coefficient (Wildman–Crippen LogP) is 2.23. The summed E-state index contributed by atoms with van der Waals surface area (Å²) in [7, 11) is 0. The van der Waals surface area contributed by atoms with Crippen molar-refractivity contribution in [2.75, 3.05) is 6.54 Å². The molecule has 2 aromatic carbocycles. The normalized spacial score (nSPS) is 16.6. The van der Waals surface area contributed by atoms with Gasteiger partial charge < -0.3 is 10.2 Å². The number of carbonyl (C=O) groups is 2. The highest BCUT2D eigenvalue weighted by molar-refractivity contribution is 5.98. The lowest BCUT2D eigenvalue weighted by atomic mass is 10.1. The van der Waals surface area contributed by atoms with Gasteiger partial charge in [-0.25, -0.2) is 4.39 Å². The van der Waals surface area contributed by atoms with Crippen LogP contribution in [0.4, 0.5) is 4.39 Å². The number of hydrogen-bond acceptors (Lipinski definition) is 3.